The molecule has 114 valence electrons. The van der Waals surface area contributed by atoms with Crippen LogP contribution in [0.25, 0.3) is 0 Å². The Balaban J connectivity index is 2.10. The van der Waals surface area contributed by atoms with Crippen molar-refractivity contribution in [1.29, 1.82) is 0 Å². The first-order chi connectivity index (χ1) is 9.91. The van der Waals surface area contributed by atoms with E-state index in [9.17, 15) is 13.2 Å². The molecule has 21 heavy (non-hydrogen) atoms. The molecule has 2 aromatic rings. The quantitative estimate of drug-likeness (QED) is 0.923. The van der Waals surface area contributed by atoms with Crippen molar-refractivity contribution in [3.05, 3.63) is 47.3 Å². The predicted molar refractivity (Wildman–Crippen MR) is 69.8 cm³/mol. The normalized spacial score (nSPS) is 11.7. The minimum Gasteiger partial charge on any atom is -0.493 e. The molecule has 1 aromatic carbocycles. The number of hydrogen-bond acceptors (Lipinski definition) is 3. The maximum absolute atomic E-state index is 13.0. The second-order valence-electron chi connectivity index (χ2n) is 4.53. The molecule has 0 fully saturated rings. The van der Waals surface area contributed by atoms with Crippen LogP contribution in [0, 0.1) is 0 Å². The summed E-state index contributed by atoms with van der Waals surface area (Å²) in [6, 6.07) is 5.33. The van der Waals surface area contributed by atoms with Crippen molar-refractivity contribution in [3.8, 4) is 5.75 Å². The Labute approximate surface area is 119 Å². The number of hydrogen-bond donors (Lipinski definition) is 1. The van der Waals surface area contributed by atoms with Crippen LogP contribution in [0.5, 0.6) is 5.75 Å². The number of halogens is 3. The van der Waals surface area contributed by atoms with Gasteiger partial charge >= 0.3 is 6.18 Å². The second kappa shape index (κ2) is 6.17. The van der Waals surface area contributed by atoms with Crippen LogP contribution in [-0.2, 0) is 26.3 Å². The molecule has 1 heterocycles. The van der Waals surface area contributed by atoms with Crippen LogP contribution in [0.1, 0.15) is 16.8 Å². The number of benzene rings is 1. The molecule has 2 rings (SSSR count). The van der Waals surface area contributed by atoms with Crippen molar-refractivity contribution >= 4 is 0 Å². The van der Waals surface area contributed by atoms with Crippen molar-refractivity contribution in [2.75, 3.05) is 6.61 Å². The highest BCUT2D eigenvalue weighted by atomic mass is 19.4. The second-order valence-corrected chi connectivity index (χ2v) is 4.53. The third kappa shape index (κ3) is 3.75. The topological polar surface area (TPSA) is 47.3 Å². The molecular weight excluding hydrogens is 285 g/mol. The van der Waals surface area contributed by atoms with Gasteiger partial charge in [-0.2, -0.15) is 18.3 Å². The summed E-state index contributed by atoms with van der Waals surface area (Å²) in [4.78, 5) is 0. The summed E-state index contributed by atoms with van der Waals surface area (Å²) in [5.41, 5.74) is 0.191. The molecule has 0 saturated carbocycles. The van der Waals surface area contributed by atoms with Crippen LogP contribution < -0.4 is 4.74 Å². The van der Waals surface area contributed by atoms with Crippen LogP contribution in [0.3, 0.4) is 0 Å². The average molecular weight is 300 g/mol. The van der Waals surface area contributed by atoms with E-state index in [-0.39, 0.29) is 17.9 Å². The molecule has 0 atom stereocenters. The van der Waals surface area contributed by atoms with Crippen molar-refractivity contribution in [1.82, 2.24) is 9.78 Å². The molecule has 0 unspecified atom stereocenters. The Morgan fingerprint density at radius 2 is 2.05 bits per heavy atom. The molecule has 1 N–H and O–H groups in total. The summed E-state index contributed by atoms with van der Waals surface area (Å²) in [5.74, 6) is -0.234. The lowest BCUT2D eigenvalue weighted by molar-refractivity contribution is -0.139. The lowest BCUT2D eigenvalue weighted by Crippen LogP contribution is -2.12. The van der Waals surface area contributed by atoms with Crippen LogP contribution in [-0.4, -0.2) is 21.5 Å². The van der Waals surface area contributed by atoms with Gasteiger partial charge in [-0.3, -0.25) is 4.68 Å². The number of aliphatic hydroxyl groups excluding tert-OH is 1. The molecule has 4 nitrogen and oxygen atoms in total. The standard InChI is InChI=1S/C14H15F3N2O2/c1-19-11(4-6-18-19)5-7-21-13-3-2-10(9-20)8-12(13)14(15,16)17/h2-4,6,8,20H,5,7,9H2,1H3. The summed E-state index contributed by atoms with van der Waals surface area (Å²) in [7, 11) is 1.76. The maximum atomic E-state index is 13.0. The van der Waals surface area contributed by atoms with Gasteiger partial charge in [-0.05, 0) is 23.8 Å². The minimum atomic E-state index is -4.52. The molecule has 0 saturated heterocycles. The summed E-state index contributed by atoms with van der Waals surface area (Å²) in [6.45, 7) is -0.334. The lowest BCUT2D eigenvalue weighted by atomic mass is 10.1. The Morgan fingerprint density at radius 3 is 2.62 bits per heavy atom. The van der Waals surface area contributed by atoms with Gasteiger partial charge in [-0.25, -0.2) is 0 Å². The Hall–Kier alpha value is -2.02. The third-order valence-electron chi connectivity index (χ3n) is 3.07. The van der Waals surface area contributed by atoms with Crippen molar-refractivity contribution in [2.24, 2.45) is 7.05 Å². The van der Waals surface area contributed by atoms with Gasteiger partial charge in [0, 0.05) is 25.4 Å². The zero-order valence-electron chi connectivity index (χ0n) is 11.4. The molecule has 7 heteroatoms. The number of aliphatic hydroxyl groups is 1. The molecule has 0 radical (unpaired) electrons. The summed E-state index contributed by atoms with van der Waals surface area (Å²) in [5, 5.41) is 12.9. The summed E-state index contributed by atoms with van der Waals surface area (Å²) < 4.78 is 45.8. The van der Waals surface area contributed by atoms with Gasteiger partial charge < -0.3 is 9.84 Å². The zero-order chi connectivity index (χ0) is 15.5. The van der Waals surface area contributed by atoms with Crippen LogP contribution in [0.2, 0.25) is 0 Å². The van der Waals surface area contributed by atoms with E-state index in [4.69, 9.17) is 9.84 Å². The largest absolute Gasteiger partial charge is 0.493 e. The average Bonchev–Trinajstić information content (AvgIpc) is 2.83. The molecule has 0 spiro atoms. The van der Waals surface area contributed by atoms with Crippen LogP contribution >= 0.6 is 0 Å². The molecule has 0 amide bonds. The SMILES string of the molecule is Cn1nccc1CCOc1ccc(CO)cc1C(F)(F)F. The van der Waals surface area contributed by atoms with E-state index in [1.165, 1.54) is 12.1 Å². The van der Waals surface area contributed by atoms with E-state index in [1.807, 2.05) is 0 Å². The van der Waals surface area contributed by atoms with Gasteiger partial charge in [0.1, 0.15) is 5.75 Å². The number of aryl methyl sites for hydroxylation is 1. The first-order valence-corrected chi connectivity index (χ1v) is 6.32. The number of ether oxygens (including phenoxy) is 1. The minimum absolute atomic E-state index is 0.112. The van der Waals surface area contributed by atoms with Gasteiger partial charge in [0.2, 0.25) is 0 Å². The maximum Gasteiger partial charge on any atom is 0.419 e. The first-order valence-electron chi connectivity index (χ1n) is 6.32. The Kier molecular flexibility index (Phi) is 4.52. The van der Waals surface area contributed by atoms with E-state index in [0.717, 1.165) is 11.8 Å². The van der Waals surface area contributed by atoms with Crippen molar-refractivity contribution in [3.63, 3.8) is 0 Å². The van der Waals surface area contributed by atoms with E-state index in [0.29, 0.717) is 6.42 Å². The smallest absolute Gasteiger partial charge is 0.419 e. The fraction of sp³-hybridized carbons (Fsp3) is 0.357. The van der Waals surface area contributed by atoms with Crippen LogP contribution in [0.4, 0.5) is 13.2 Å². The van der Waals surface area contributed by atoms with E-state index >= 15 is 0 Å². The number of nitrogens with zero attached hydrogens (tertiary/aromatic N) is 2. The van der Waals surface area contributed by atoms with Crippen molar-refractivity contribution in [2.45, 2.75) is 19.2 Å². The molecule has 0 bridgehead atoms. The van der Waals surface area contributed by atoms with Gasteiger partial charge in [0.25, 0.3) is 0 Å². The molecule has 0 aliphatic rings. The van der Waals surface area contributed by atoms with E-state index in [2.05, 4.69) is 5.10 Å². The van der Waals surface area contributed by atoms with Gasteiger partial charge in [-0.1, -0.05) is 6.07 Å². The number of aromatic nitrogens is 2. The Bertz CT molecular complexity index is 609. The molecular formula is C14H15F3N2O2. The monoisotopic (exact) mass is 300 g/mol. The van der Waals surface area contributed by atoms with Crippen LogP contribution in [0.15, 0.2) is 30.5 Å². The fourth-order valence-corrected chi connectivity index (χ4v) is 1.93. The van der Waals surface area contributed by atoms with E-state index in [1.54, 1.807) is 24.0 Å². The van der Waals surface area contributed by atoms with Gasteiger partial charge in [0.05, 0.1) is 18.8 Å². The van der Waals surface area contributed by atoms with Crippen molar-refractivity contribution < 1.29 is 23.0 Å². The highest BCUT2D eigenvalue weighted by Gasteiger charge is 2.34. The molecule has 0 aliphatic carbocycles. The third-order valence-corrected chi connectivity index (χ3v) is 3.07. The molecule has 1 aromatic heterocycles. The summed E-state index contributed by atoms with van der Waals surface area (Å²) in [6.07, 6.45) is -2.45. The Morgan fingerprint density at radius 1 is 1.29 bits per heavy atom. The van der Waals surface area contributed by atoms with E-state index < -0.39 is 18.3 Å². The number of rotatable bonds is 5. The fourth-order valence-electron chi connectivity index (χ4n) is 1.93. The summed E-state index contributed by atoms with van der Waals surface area (Å²) >= 11 is 0. The highest BCUT2D eigenvalue weighted by Crippen LogP contribution is 2.36. The highest BCUT2D eigenvalue weighted by molar-refractivity contribution is 5.39. The lowest BCUT2D eigenvalue weighted by Gasteiger charge is -2.15. The van der Waals surface area contributed by atoms with Gasteiger partial charge in [0.15, 0.2) is 0 Å². The molecule has 0 aliphatic heterocycles. The first kappa shape index (κ1) is 15.4. The number of alkyl halides is 3. The van der Waals surface area contributed by atoms with Gasteiger partial charge in [-0.15, -0.1) is 0 Å². The zero-order valence-corrected chi connectivity index (χ0v) is 11.4. The predicted octanol–water partition coefficient (Wildman–Crippen LogP) is 2.55.